The van der Waals surface area contributed by atoms with Crippen molar-refractivity contribution in [2.75, 3.05) is 0 Å². The van der Waals surface area contributed by atoms with Crippen molar-refractivity contribution in [2.24, 2.45) is 5.73 Å². The minimum atomic E-state index is -1.34. The summed E-state index contributed by atoms with van der Waals surface area (Å²) in [6.07, 6.45) is 1.53. The first-order valence-corrected chi connectivity index (χ1v) is 6.93. The molecular formula is C11H25NO3Si. The summed E-state index contributed by atoms with van der Waals surface area (Å²) < 4.78 is 11.2. The van der Waals surface area contributed by atoms with E-state index in [1.807, 2.05) is 41.5 Å². The predicted octanol–water partition coefficient (Wildman–Crippen LogP) is 0.819. The molecule has 0 radical (unpaired) electrons. The van der Waals surface area contributed by atoms with Crippen LogP contribution in [-0.4, -0.2) is 31.4 Å². The Morgan fingerprint density at radius 2 is 1.69 bits per heavy atom. The van der Waals surface area contributed by atoms with E-state index in [1.165, 1.54) is 6.26 Å². The second kappa shape index (κ2) is 5.70. The van der Waals surface area contributed by atoms with E-state index < -0.39 is 15.4 Å². The van der Waals surface area contributed by atoms with Crippen molar-refractivity contribution in [1.29, 1.82) is 0 Å². The molecule has 0 bridgehead atoms. The molecule has 0 saturated carbocycles. The standard InChI is InChI=1S/C11H25NO3Si/c1-10(2,3)14-7-8(9(12)16-13)15-11(4,5)6/h7,9,13H,12,16H2,1-6H3. The van der Waals surface area contributed by atoms with Crippen LogP contribution in [0.3, 0.4) is 0 Å². The van der Waals surface area contributed by atoms with Crippen LogP contribution in [-0.2, 0) is 9.47 Å². The molecule has 1 atom stereocenters. The molecule has 0 aliphatic rings. The summed E-state index contributed by atoms with van der Waals surface area (Å²) in [5.74, 6) is 0.525. The highest BCUT2D eigenvalue weighted by molar-refractivity contribution is 6.28. The normalized spacial score (nSPS) is 16.6. The smallest absolute Gasteiger partial charge is 0.181 e. The highest BCUT2D eigenvalue weighted by Crippen LogP contribution is 2.17. The van der Waals surface area contributed by atoms with Crippen LogP contribution in [0.25, 0.3) is 0 Å². The van der Waals surface area contributed by atoms with Crippen LogP contribution in [0.5, 0.6) is 0 Å². The summed E-state index contributed by atoms with van der Waals surface area (Å²) in [6, 6.07) is 0. The van der Waals surface area contributed by atoms with Crippen LogP contribution in [0.15, 0.2) is 12.0 Å². The molecule has 3 N–H and O–H groups in total. The molecule has 0 aliphatic carbocycles. The van der Waals surface area contributed by atoms with Gasteiger partial charge in [-0.25, -0.2) is 0 Å². The number of hydrogen-bond acceptors (Lipinski definition) is 4. The van der Waals surface area contributed by atoms with E-state index >= 15 is 0 Å². The Hall–Kier alpha value is -0.523. The van der Waals surface area contributed by atoms with Gasteiger partial charge in [-0.1, -0.05) is 0 Å². The van der Waals surface area contributed by atoms with Gasteiger partial charge < -0.3 is 20.0 Å². The zero-order valence-corrected chi connectivity index (χ0v) is 12.6. The average Bonchev–Trinajstić information content (AvgIpc) is 2.07. The molecule has 0 heterocycles. The molecule has 0 fully saturated rings. The molecule has 0 spiro atoms. The predicted molar refractivity (Wildman–Crippen MR) is 68.5 cm³/mol. The second-order valence-electron chi connectivity index (χ2n) is 5.75. The molecule has 4 nitrogen and oxygen atoms in total. The van der Waals surface area contributed by atoms with Gasteiger partial charge in [0.2, 0.25) is 0 Å². The van der Waals surface area contributed by atoms with Gasteiger partial charge in [0.1, 0.15) is 17.6 Å². The SMILES string of the molecule is CC(C)(C)OC=C(OC(C)(C)C)C(N)[SiH2]O. The van der Waals surface area contributed by atoms with E-state index in [1.54, 1.807) is 0 Å². The number of ether oxygens (including phenoxy) is 2. The van der Waals surface area contributed by atoms with Crippen molar-refractivity contribution in [3.8, 4) is 0 Å². The second-order valence-corrected chi connectivity index (χ2v) is 7.00. The Labute approximate surface area is 101 Å². The lowest BCUT2D eigenvalue weighted by molar-refractivity contribution is 0.0207. The fraction of sp³-hybridized carbons (Fsp3) is 0.818. The average molecular weight is 247 g/mol. The number of nitrogens with two attached hydrogens (primary N) is 1. The van der Waals surface area contributed by atoms with E-state index in [2.05, 4.69) is 0 Å². The van der Waals surface area contributed by atoms with Gasteiger partial charge >= 0.3 is 0 Å². The highest BCUT2D eigenvalue weighted by Gasteiger charge is 2.20. The van der Waals surface area contributed by atoms with Crippen LogP contribution < -0.4 is 5.73 Å². The monoisotopic (exact) mass is 247 g/mol. The molecule has 0 rings (SSSR count). The quantitative estimate of drug-likeness (QED) is 0.570. The zero-order valence-electron chi connectivity index (χ0n) is 11.2. The summed E-state index contributed by atoms with van der Waals surface area (Å²) in [5.41, 5.74) is 4.75. The Morgan fingerprint density at radius 1 is 1.19 bits per heavy atom. The zero-order chi connectivity index (χ0) is 13.0. The van der Waals surface area contributed by atoms with Gasteiger partial charge in [0.05, 0.1) is 11.3 Å². The van der Waals surface area contributed by atoms with Crippen molar-refractivity contribution >= 4 is 9.76 Å². The lowest BCUT2D eigenvalue weighted by atomic mass is 10.2. The van der Waals surface area contributed by atoms with Crippen LogP contribution in [0, 0.1) is 0 Å². The lowest BCUT2D eigenvalue weighted by Crippen LogP contribution is -2.35. The van der Waals surface area contributed by atoms with Crippen LogP contribution in [0.4, 0.5) is 0 Å². The van der Waals surface area contributed by atoms with Crippen LogP contribution in [0.2, 0.25) is 0 Å². The Balaban J connectivity index is 4.68. The molecule has 16 heavy (non-hydrogen) atoms. The van der Waals surface area contributed by atoms with E-state index in [9.17, 15) is 0 Å². The van der Waals surface area contributed by atoms with Crippen molar-refractivity contribution in [2.45, 2.75) is 58.4 Å². The third-order valence-electron chi connectivity index (χ3n) is 1.51. The van der Waals surface area contributed by atoms with E-state index in [4.69, 9.17) is 20.0 Å². The summed E-state index contributed by atoms with van der Waals surface area (Å²) in [7, 11) is -1.34. The van der Waals surface area contributed by atoms with Crippen LogP contribution >= 0.6 is 0 Å². The molecule has 0 aromatic carbocycles. The van der Waals surface area contributed by atoms with E-state index in [0.717, 1.165) is 0 Å². The van der Waals surface area contributed by atoms with Crippen molar-refractivity contribution in [3.05, 3.63) is 12.0 Å². The summed E-state index contributed by atoms with van der Waals surface area (Å²) >= 11 is 0. The maximum absolute atomic E-state index is 9.17. The van der Waals surface area contributed by atoms with E-state index in [0.29, 0.717) is 5.76 Å². The third-order valence-corrected chi connectivity index (χ3v) is 2.31. The molecule has 0 aromatic rings. The molecule has 0 aromatic heterocycles. The van der Waals surface area contributed by atoms with Crippen LogP contribution in [0.1, 0.15) is 41.5 Å². The summed E-state index contributed by atoms with van der Waals surface area (Å²) in [5, 5.41) is 0. The van der Waals surface area contributed by atoms with Gasteiger partial charge in [-0.3, -0.25) is 0 Å². The Bertz CT molecular complexity index is 241. The fourth-order valence-electron chi connectivity index (χ4n) is 0.866. The Morgan fingerprint density at radius 3 is 2.00 bits per heavy atom. The largest absolute Gasteiger partial charge is 0.492 e. The molecule has 1 unspecified atom stereocenters. The topological polar surface area (TPSA) is 64.7 Å². The van der Waals surface area contributed by atoms with Gasteiger partial charge in [0, 0.05) is 0 Å². The van der Waals surface area contributed by atoms with Crippen molar-refractivity contribution in [3.63, 3.8) is 0 Å². The fourth-order valence-corrected chi connectivity index (χ4v) is 1.23. The van der Waals surface area contributed by atoms with Crippen molar-refractivity contribution in [1.82, 2.24) is 0 Å². The first-order chi connectivity index (χ1) is 7.05. The minimum absolute atomic E-state index is 0.288. The number of hydrogen-bond donors (Lipinski definition) is 2. The maximum Gasteiger partial charge on any atom is 0.181 e. The first-order valence-electron chi connectivity index (χ1n) is 5.48. The van der Waals surface area contributed by atoms with Gasteiger partial charge in [-0.2, -0.15) is 0 Å². The summed E-state index contributed by atoms with van der Waals surface area (Å²) in [4.78, 5) is 9.17. The highest BCUT2D eigenvalue weighted by atomic mass is 28.2. The van der Waals surface area contributed by atoms with Gasteiger partial charge in [0.25, 0.3) is 0 Å². The van der Waals surface area contributed by atoms with Gasteiger partial charge in [0.15, 0.2) is 9.76 Å². The maximum atomic E-state index is 9.17. The van der Waals surface area contributed by atoms with E-state index in [-0.39, 0.29) is 11.2 Å². The summed E-state index contributed by atoms with van der Waals surface area (Å²) in [6.45, 7) is 11.6. The molecule has 5 heteroatoms. The van der Waals surface area contributed by atoms with Gasteiger partial charge in [-0.05, 0) is 41.5 Å². The molecule has 96 valence electrons. The number of rotatable bonds is 4. The Kier molecular flexibility index (Phi) is 5.51. The first kappa shape index (κ1) is 15.5. The molecular weight excluding hydrogens is 222 g/mol. The molecule has 0 saturated heterocycles. The minimum Gasteiger partial charge on any atom is -0.492 e. The molecule has 0 amide bonds. The van der Waals surface area contributed by atoms with Gasteiger partial charge in [-0.15, -0.1) is 0 Å². The molecule has 0 aliphatic heterocycles. The third kappa shape index (κ3) is 7.73. The lowest BCUT2D eigenvalue weighted by Gasteiger charge is -2.27. The van der Waals surface area contributed by atoms with Crippen molar-refractivity contribution < 1.29 is 14.3 Å².